The van der Waals surface area contributed by atoms with Crippen molar-refractivity contribution in [2.45, 2.75) is 58.5 Å². The second-order valence-corrected chi connectivity index (χ2v) is 11.2. The second-order valence-electron chi connectivity index (χ2n) is 10.4. The van der Waals surface area contributed by atoms with E-state index in [9.17, 15) is 19.5 Å². The van der Waals surface area contributed by atoms with Gasteiger partial charge >= 0.3 is 0 Å². The van der Waals surface area contributed by atoms with Gasteiger partial charge in [0.15, 0.2) is 0 Å². The molecule has 38 heavy (non-hydrogen) atoms. The average molecular weight is 533 g/mol. The smallest absolute Gasteiger partial charge is 0.255 e. The minimum absolute atomic E-state index is 0.0675. The number of rotatable bonds is 7. The number of β-amino-alcohol motifs (C(OH)–C–C–N with tert-alkyl or cyclic N) is 1. The molecule has 9 heteroatoms. The Morgan fingerprint density at radius 1 is 1.16 bits per heavy atom. The Bertz CT molecular complexity index is 1350. The third-order valence-corrected chi connectivity index (χ3v) is 8.34. The highest BCUT2D eigenvalue weighted by Crippen LogP contribution is 2.30. The van der Waals surface area contributed by atoms with Gasteiger partial charge in [-0.3, -0.25) is 14.4 Å². The van der Waals surface area contributed by atoms with Crippen molar-refractivity contribution in [3.63, 3.8) is 0 Å². The molecule has 0 saturated carbocycles. The molecule has 2 aliphatic heterocycles. The topological polar surface area (TPSA) is 103 Å². The monoisotopic (exact) mass is 532 g/mol. The van der Waals surface area contributed by atoms with E-state index in [1.165, 1.54) is 4.90 Å². The molecular weight excluding hydrogens is 500 g/mol. The lowest BCUT2D eigenvalue weighted by atomic mass is 10.0. The van der Waals surface area contributed by atoms with Crippen molar-refractivity contribution >= 4 is 29.1 Å². The van der Waals surface area contributed by atoms with Gasteiger partial charge in [-0.05, 0) is 35.6 Å². The van der Waals surface area contributed by atoms with Crippen LogP contribution < -0.4 is 5.32 Å². The zero-order valence-corrected chi connectivity index (χ0v) is 22.6. The Kier molecular flexibility index (Phi) is 7.32. The number of fused-ring (bicyclic) bond motifs is 1. The lowest BCUT2D eigenvalue weighted by Gasteiger charge is -2.35. The number of benzene rings is 2. The predicted molar refractivity (Wildman–Crippen MR) is 145 cm³/mol. The number of thiazole rings is 1. The zero-order chi connectivity index (χ0) is 27.0. The van der Waals surface area contributed by atoms with Gasteiger partial charge in [-0.2, -0.15) is 0 Å². The lowest BCUT2D eigenvalue weighted by Crippen LogP contribution is -2.55. The number of aliphatic hydroxyl groups excluding tert-OH is 1. The molecule has 0 bridgehead atoms. The summed E-state index contributed by atoms with van der Waals surface area (Å²) in [5, 5.41) is 13.4. The first-order valence-electron chi connectivity index (χ1n) is 12.9. The largest absolute Gasteiger partial charge is 0.391 e. The van der Waals surface area contributed by atoms with Crippen LogP contribution in [0.1, 0.15) is 47.4 Å². The van der Waals surface area contributed by atoms with Gasteiger partial charge in [0.05, 0.1) is 22.2 Å². The average Bonchev–Trinajstić information content (AvgIpc) is 3.60. The summed E-state index contributed by atoms with van der Waals surface area (Å²) < 4.78 is 0. The quantitative estimate of drug-likeness (QED) is 0.486. The van der Waals surface area contributed by atoms with Crippen LogP contribution in [-0.2, 0) is 22.7 Å². The number of hydrogen-bond donors (Lipinski definition) is 2. The number of likely N-dealkylation sites (tertiary alicyclic amines) is 1. The second kappa shape index (κ2) is 10.7. The Balaban J connectivity index is 1.27. The maximum absolute atomic E-state index is 13.8. The Labute approximate surface area is 226 Å². The van der Waals surface area contributed by atoms with Gasteiger partial charge in [-0.25, -0.2) is 4.98 Å². The fourth-order valence-electron chi connectivity index (χ4n) is 5.42. The fourth-order valence-corrected chi connectivity index (χ4v) is 6.23. The number of carbonyl (C=O) groups is 3. The molecule has 5 rings (SSSR count). The number of carbonyl (C=O) groups excluding carboxylic acids is 3. The molecule has 1 saturated heterocycles. The summed E-state index contributed by atoms with van der Waals surface area (Å²) in [6.07, 6.45) is -0.629. The molecule has 2 N–H and O–H groups in total. The highest BCUT2D eigenvalue weighted by Gasteiger charge is 2.45. The summed E-state index contributed by atoms with van der Waals surface area (Å²) in [6, 6.07) is 13.8. The van der Waals surface area contributed by atoms with Crippen LogP contribution in [0.2, 0.25) is 0 Å². The Morgan fingerprint density at radius 2 is 1.89 bits per heavy atom. The van der Waals surface area contributed by atoms with Crippen molar-refractivity contribution in [2.24, 2.45) is 5.92 Å². The van der Waals surface area contributed by atoms with Crippen molar-refractivity contribution in [1.82, 2.24) is 20.1 Å². The van der Waals surface area contributed by atoms with Crippen LogP contribution in [0.15, 0.2) is 54.0 Å². The van der Waals surface area contributed by atoms with Crippen LogP contribution in [0.4, 0.5) is 0 Å². The van der Waals surface area contributed by atoms with E-state index in [-0.39, 0.29) is 36.6 Å². The van der Waals surface area contributed by atoms with Crippen molar-refractivity contribution in [2.75, 3.05) is 6.54 Å². The van der Waals surface area contributed by atoms with Crippen LogP contribution in [0.3, 0.4) is 0 Å². The third kappa shape index (κ3) is 4.96. The van der Waals surface area contributed by atoms with Gasteiger partial charge in [-0.15, -0.1) is 11.3 Å². The normalized spacial score (nSPS) is 19.7. The molecule has 2 aliphatic rings. The fraction of sp³-hybridized carbons (Fsp3) is 0.379. The number of hydrogen-bond acceptors (Lipinski definition) is 6. The van der Waals surface area contributed by atoms with Crippen LogP contribution in [0.5, 0.6) is 0 Å². The van der Waals surface area contributed by atoms with Crippen LogP contribution >= 0.6 is 11.3 Å². The maximum Gasteiger partial charge on any atom is 0.255 e. The van der Waals surface area contributed by atoms with E-state index in [0.29, 0.717) is 18.7 Å². The predicted octanol–water partition coefficient (Wildman–Crippen LogP) is 3.38. The SMILES string of the molecule is Cc1ncsc1-c1ccc(CNC(=O)[C@@H]2C[C@@H](O)CN2C(=O)[C@H](C(C)C)N2Cc3ccccc3C2=O)cc1. The maximum atomic E-state index is 13.8. The first kappa shape index (κ1) is 26.1. The highest BCUT2D eigenvalue weighted by molar-refractivity contribution is 7.13. The van der Waals surface area contributed by atoms with Gasteiger partial charge in [0.2, 0.25) is 11.8 Å². The molecule has 1 fully saturated rings. The molecule has 0 unspecified atom stereocenters. The number of nitrogens with zero attached hydrogens (tertiary/aromatic N) is 3. The molecule has 3 atom stereocenters. The summed E-state index contributed by atoms with van der Waals surface area (Å²) in [5.74, 6) is -0.953. The zero-order valence-electron chi connectivity index (χ0n) is 21.8. The van der Waals surface area contributed by atoms with Crippen molar-refractivity contribution in [1.29, 1.82) is 0 Å². The third-order valence-electron chi connectivity index (χ3n) is 7.36. The molecule has 2 aromatic carbocycles. The molecule has 3 amide bonds. The summed E-state index contributed by atoms with van der Waals surface area (Å²) >= 11 is 1.59. The van der Waals surface area contributed by atoms with Crippen LogP contribution in [-0.4, -0.2) is 62.3 Å². The molecular formula is C29H32N4O4S. The van der Waals surface area contributed by atoms with Gasteiger partial charge in [0.1, 0.15) is 12.1 Å². The van der Waals surface area contributed by atoms with Crippen molar-refractivity contribution in [3.8, 4) is 10.4 Å². The van der Waals surface area contributed by atoms with E-state index in [1.54, 1.807) is 22.3 Å². The minimum Gasteiger partial charge on any atom is -0.391 e. The summed E-state index contributed by atoms with van der Waals surface area (Å²) in [5.41, 5.74) is 6.32. The molecule has 8 nitrogen and oxygen atoms in total. The Hall–Kier alpha value is -3.56. The van der Waals surface area contributed by atoms with Gasteiger partial charge in [0, 0.05) is 31.6 Å². The standard InChI is InChI=1S/C29H32N4O4S/c1-17(2)25(33-14-21-6-4-5-7-23(21)28(33)36)29(37)32-15-22(34)12-24(32)27(35)30-13-19-8-10-20(11-9-19)26-18(3)31-16-38-26/h4-11,16-17,22,24-25,34H,12-15H2,1-3H3,(H,30,35)/t22-,24+,25+/m1/s1. The number of aliphatic hydroxyl groups is 1. The van der Waals surface area contributed by atoms with E-state index in [1.807, 2.05) is 68.7 Å². The number of aryl methyl sites for hydroxylation is 1. The van der Waals surface area contributed by atoms with E-state index >= 15 is 0 Å². The lowest BCUT2D eigenvalue weighted by molar-refractivity contribution is -0.143. The first-order chi connectivity index (χ1) is 18.2. The minimum atomic E-state index is -0.795. The molecule has 1 aromatic heterocycles. The molecule has 198 valence electrons. The summed E-state index contributed by atoms with van der Waals surface area (Å²) in [4.78, 5) is 48.7. The van der Waals surface area contributed by atoms with Crippen molar-refractivity contribution in [3.05, 3.63) is 76.4 Å². The Morgan fingerprint density at radius 3 is 2.55 bits per heavy atom. The first-order valence-corrected chi connectivity index (χ1v) is 13.8. The summed E-state index contributed by atoms with van der Waals surface area (Å²) in [7, 11) is 0. The van der Waals surface area contributed by atoms with Crippen LogP contribution in [0.25, 0.3) is 10.4 Å². The highest BCUT2D eigenvalue weighted by atomic mass is 32.1. The molecule has 0 aliphatic carbocycles. The summed E-state index contributed by atoms with van der Waals surface area (Å²) in [6.45, 7) is 6.51. The van der Waals surface area contributed by atoms with Gasteiger partial charge < -0.3 is 20.2 Å². The van der Waals surface area contributed by atoms with Crippen molar-refractivity contribution < 1.29 is 19.5 Å². The molecule has 0 spiro atoms. The van der Waals surface area contributed by atoms with Crippen LogP contribution in [0, 0.1) is 12.8 Å². The van der Waals surface area contributed by atoms with Gasteiger partial charge in [-0.1, -0.05) is 56.3 Å². The van der Waals surface area contributed by atoms with E-state index < -0.39 is 18.2 Å². The molecule has 3 heterocycles. The van der Waals surface area contributed by atoms with E-state index in [4.69, 9.17) is 0 Å². The number of aromatic nitrogens is 1. The molecule has 0 radical (unpaired) electrons. The number of nitrogens with one attached hydrogen (secondary N) is 1. The van der Waals surface area contributed by atoms with E-state index in [2.05, 4.69) is 10.3 Å². The van der Waals surface area contributed by atoms with Gasteiger partial charge in [0.25, 0.3) is 5.91 Å². The number of amides is 3. The molecule has 3 aromatic rings. The van der Waals surface area contributed by atoms with E-state index in [0.717, 1.165) is 27.3 Å².